The van der Waals surface area contributed by atoms with Gasteiger partial charge in [0.05, 0.1) is 5.69 Å². The van der Waals surface area contributed by atoms with Gasteiger partial charge < -0.3 is 4.90 Å². The second-order valence-electron chi connectivity index (χ2n) is 6.34. The number of benzene rings is 2. The standard InChI is InChI=1S/C21H16F3N3S/c1-12-11-13(22)8-9-14(12)18-15-5-4-10-27(20(15)26-21(25-18)28-2)19-16(23)6-3-7-17(19)24/h3-9,11H,10H2,1-2H3. The summed E-state index contributed by atoms with van der Waals surface area (Å²) >= 11 is 1.33. The van der Waals surface area contributed by atoms with Crippen LogP contribution in [0.4, 0.5) is 24.7 Å². The fourth-order valence-electron chi connectivity index (χ4n) is 3.29. The van der Waals surface area contributed by atoms with Gasteiger partial charge in [-0.3, -0.25) is 0 Å². The van der Waals surface area contributed by atoms with E-state index in [9.17, 15) is 13.2 Å². The maximum atomic E-state index is 14.4. The molecule has 0 N–H and O–H groups in total. The number of fused-ring (bicyclic) bond motifs is 1. The first-order chi connectivity index (χ1) is 13.5. The van der Waals surface area contributed by atoms with Gasteiger partial charge in [0, 0.05) is 17.7 Å². The number of aromatic nitrogens is 2. The van der Waals surface area contributed by atoms with E-state index in [1.165, 1.54) is 47.0 Å². The normalized spacial score (nSPS) is 13.0. The van der Waals surface area contributed by atoms with E-state index in [2.05, 4.69) is 9.97 Å². The van der Waals surface area contributed by atoms with Crippen molar-refractivity contribution in [3.05, 3.63) is 71.1 Å². The van der Waals surface area contributed by atoms with Gasteiger partial charge in [0.15, 0.2) is 5.16 Å². The average Bonchev–Trinajstić information content (AvgIpc) is 2.67. The molecule has 7 heteroatoms. The number of thioether (sulfide) groups is 1. The second-order valence-corrected chi connectivity index (χ2v) is 7.11. The van der Waals surface area contributed by atoms with Crippen molar-refractivity contribution in [1.29, 1.82) is 0 Å². The predicted octanol–water partition coefficient (Wildman–Crippen LogP) is 5.76. The molecule has 0 spiro atoms. The zero-order valence-corrected chi connectivity index (χ0v) is 16.0. The summed E-state index contributed by atoms with van der Waals surface area (Å²) in [6.07, 6.45) is 5.47. The van der Waals surface area contributed by atoms with E-state index in [0.29, 0.717) is 22.2 Å². The van der Waals surface area contributed by atoms with Gasteiger partial charge in [-0.15, -0.1) is 0 Å². The highest BCUT2D eigenvalue weighted by molar-refractivity contribution is 7.98. The highest BCUT2D eigenvalue weighted by Crippen LogP contribution is 2.39. The van der Waals surface area contributed by atoms with Crippen molar-refractivity contribution in [2.75, 3.05) is 17.7 Å². The number of nitrogens with zero attached hydrogens (tertiary/aromatic N) is 3. The molecule has 0 fully saturated rings. The largest absolute Gasteiger partial charge is 0.317 e. The lowest BCUT2D eigenvalue weighted by atomic mass is 9.99. The molecule has 1 aliphatic heterocycles. The minimum absolute atomic E-state index is 0.152. The Balaban J connectivity index is 1.97. The lowest BCUT2D eigenvalue weighted by molar-refractivity contribution is 0.581. The Kier molecular flexibility index (Phi) is 4.85. The van der Waals surface area contributed by atoms with E-state index in [1.54, 1.807) is 19.1 Å². The fraction of sp³-hybridized carbons (Fsp3) is 0.143. The summed E-state index contributed by atoms with van der Waals surface area (Å²) < 4.78 is 42.5. The quantitative estimate of drug-likeness (QED) is 0.414. The molecular formula is C21H16F3N3S. The lowest BCUT2D eigenvalue weighted by Gasteiger charge is -2.29. The fourth-order valence-corrected chi connectivity index (χ4v) is 3.65. The molecule has 0 saturated heterocycles. The van der Waals surface area contributed by atoms with Crippen molar-refractivity contribution in [2.45, 2.75) is 12.1 Å². The van der Waals surface area contributed by atoms with Crippen molar-refractivity contribution < 1.29 is 13.2 Å². The summed E-state index contributed by atoms with van der Waals surface area (Å²) in [6.45, 7) is 2.07. The summed E-state index contributed by atoms with van der Waals surface area (Å²) in [5.74, 6) is -1.24. The smallest absolute Gasteiger partial charge is 0.189 e. The monoisotopic (exact) mass is 399 g/mol. The molecule has 0 unspecified atom stereocenters. The van der Waals surface area contributed by atoms with Crippen LogP contribution in [0.2, 0.25) is 0 Å². The van der Waals surface area contributed by atoms with Crippen molar-refractivity contribution in [2.24, 2.45) is 0 Å². The molecule has 1 aliphatic rings. The molecule has 28 heavy (non-hydrogen) atoms. The minimum atomic E-state index is -0.662. The van der Waals surface area contributed by atoms with Gasteiger partial charge in [-0.2, -0.15) is 0 Å². The van der Waals surface area contributed by atoms with Crippen LogP contribution in [0.1, 0.15) is 11.1 Å². The van der Waals surface area contributed by atoms with Crippen LogP contribution < -0.4 is 4.90 Å². The third kappa shape index (κ3) is 3.16. The highest BCUT2D eigenvalue weighted by atomic mass is 32.2. The van der Waals surface area contributed by atoms with Crippen LogP contribution in [0.25, 0.3) is 17.3 Å². The summed E-state index contributed by atoms with van der Waals surface area (Å²) in [4.78, 5) is 10.6. The van der Waals surface area contributed by atoms with Gasteiger partial charge in [-0.25, -0.2) is 23.1 Å². The maximum Gasteiger partial charge on any atom is 0.189 e. The molecule has 2 heterocycles. The van der Waals surface area contributed by atoms with Crippen LogP contribution in [0, 0.1) is 24.4 Å². The molecule has 1 aromatic heterocycles. The third-order valence-corrected chi connectivity index (χ3v) is 5.11. The minimum Gasteiger partial charge on any atom is -0.317 e. The van der Waals surface area contributed by atoms with E-state index in [1.807, 2.05) is 12.3 Å². The van der Waals surface area contributed by atoms with Gasteiger partial charge in [0.25, 0.3) is 0 Å². The Morgan fingerprint density at radius 3 is 2.46 bits per heavy atom. The SMILES string of the molecule is CSc1nc(-c2ccc(F)cc2C)c2c(n1)N(c1c(F)cccc1F)CC=C2. The topological polar surface area (TPSA) is 29.0 Å². The van der Waals surface area contributed by atoms with Gasteiger partial charge in [-0.1, -0.05) is 30.0 Å². The Labute approximate surface area is 164 Å². The van der Waals surface area contributed by atoms with E-state index < -0.39 is 11.6 Å². The van der Waals surface area contributed by atoms with Gasteiger partial charge in [-0.05, 0) is 49.1 Å². The molecule has 0 amide bonds. The number of hydrogen-bond acceptors (Lipinski definition) is 4. The van der Waals surface area contributed by atoms with E-state index in [0.717, 1.165) is 11.1 Å². The molecule has 0 radical (unpaired) electrons. The molecule has 142 valence electrons. The van der Waals surface area contributed by atoms with Crippen LogP contribution in [0.15, 0.2) is 47.6 Å². The number of para-hydroxylation sites is 1. The number of hydrogen-bond donors (Lipinski definition) is 0. The Morgan fingerprint density at radius 2 is 1.79 bits per heavy atom. The summed E-state index contributed by atoms with van der Waals surface area (Å²) in [6, 6.07) is 8.24. The lowest BCUT2D eigenvalue weighted by Crippen LogP contribution is -2.25. The first kappa shape index (κ1) is 18.6. The van der Waals surface area contributed by atoms with Gasteiger partial charge in [0.1, 0.15) is 29.0 Å². The zero-order chi connectivity index (χ0) is 19.8. The highest BCUT2D eigenvalue weighted by Gasteiger charge is 2.26. The molecule has 0 aliphatic carbocycles. The van der Waals surface area contributed by atoms with Crippen LogP contribution in [0.5, 0.6) is 0 Å². The molecule has 0 saturated carbocycles. The Bertz CT molecular complexity index is 1080. The number of rotatable bonds is 3. The first-order valence-corrected chi connectivity index (χ1v) is 9.82. The molecule has 0 bridgehead atoms. The van der Waals surface area contributed by atoms with Crippen LogP contribution in [-0.4, -0.2) is 22.8 Å². The van der Waals surface area contributed by atoms with E-state index in [4.69, 9.17) is 0 Å². The van der Waals surface area contributed by atoms with Crippen molar-refractivity contribution in [3.8, 4) is 11.3 Å². The first-order valence-electron chi connectivity index (χ1n) is 8.60. The van der Waals surface area contributed by atoms with Crippen LogP contribution >= 0.6 is 11.8 Å². The van der Waals surface area contributed by atoms with E-state index in [-0.39, 0.29) is 18.0 Å². The van der Waals surface area contributed by atoms with Crippen molar-refractivity contribution in [3.63, 3.8) is 0 Å². The second kappa shape index (κ2) is 7.31. The van der Waals surface area contributed by atoms with E-state index >= 15 is 0 Å². The molecule has 3 nitrogen and oxygen atoms in total. The molecule has 0 atom stereocenters. The number of halogens is 3. The van der Waals surface area contributed by atoms with Crippen molar-refractivity contribution in [1.82, 2.24) is 9.97 Å². The summed E-state index contributed by atoms with van der Waals surface area (Å²) in [7, 11) is 0. The molecule has 3 aromatic rings. The Morgan fingerprint density at radius 1 is 1.04 bits per heavy atom. The molecular weight excluding hydrogens is 383 g/mol. The summed E-state index contributed by atoms with van der Waals surface area (Å²) in [5.41, 5.74) is 2.55. The summed E-state index contributed by atoms with van der Waals surface area (Å²) in [5, 5.41) is 0.467. The third-order valence-electron chi connectivity index (χ3n) is 4.57. The van der Waals surface area contributed by atoms with Gasteiger partial charge >= 0.3 is 0 Å². The van der Waals surface area contributed by atoms with Crippen molar-refractivity contribution >= 4 is 29.3 Å². The zero-order valence-electron chi connectivity index (χ0n) is 15.2. The molecule has 2 aromatic carbocycles. The Hall–Kier alpha value is -2.80. The van der Waals surface area contributed by atoms with Gasteiger partial charge in [0.2, 0.25) is 0 Å². The number of aryl methyl sites for hydroxylation is 1. The average molecular weight is 399 g/mol. The van der Waals surface area contributed by atoms with Crippen LogP contribution in [0.3, 0.4) is 0 Å². The predicted molar refractivity (Wildman–Crippen MR) is 106 cm³/mol. The molecule has 4 rings (SSSR count). The van der Waals surface area contributed by atoms with Crippen LogP contribution in [-0.2, 0) is 0 Å². The number of anilines is 2. The maximum absolute atomic E-state index is 14.4.